The Labute approximate surface area is 150 Å². The monoisotopic (exact) mass is 343 g/mol. The van der Waals surface area contributed by atoms with Gasteiger partial charge in [0.15, 0.2) is 0 Å². The smallest absolute Gasteiger partial charge is 0.309 e. The first-order valence-corrected chi connectivity index (χ1v) is 9.48. The first-order chi connectivity index (χ1) is 12.1. The fourth-order valence-corrected chi connectivity index (χ4v) is 4.48. The zero-order valence-electron chi connectivity index (χ0n) is 15.4. The molecule has 136 valence electrons. The third-order valence-corrected chi connectivity index (χ3v) is 5.85. The Hall–Kier alpha value is -1.84. The maximum absolute atomic E-state index is 12.8. The van der Waals surface area contributed by atoms with Crippen molar-refractivity contribution >= 4 is 11.9 Å². The molecular weight excluding hydrogens is 314 g/mol. The maximum atomic E-state index is 12.8. The van der Waals surface area contributed by atoms with Crippen molar-refractivity contribution in [3.63, 3.8) is 0 Å². The molecule has 3 unspecified atom stereocenters. The lowest BCUT2D eigenvalue weighted by Gasteiger charge is -2.22. The highest BCUT2D eigenvalue weighted by Gasteiger charge is 2.37. The Morgan fingerprint density at radius 2 is 1.88 bits per heavy atom. The van der Waals surface area contributed by atoms with Gasteiger partial charge in [0.05, 0.1) is 13.0 Å². The summed E-state index contributed by atoms with van der Waals surface area (Å²) >= 11 is 0. The quantitative estimate of drug-likeness (QED) is 0.770. The van der Waals surface area contributed by atoms with E-state index < -0.39 is 5.92 Å². The normalized spacial score (nSPS) is 23.8. The van der Waals surface area contributed by atoms with Crippen LogP contribution in [-0.4, -0.2) is 37.0 Å². The molecule has 1 saturated carbocycles. The summed E-state index contributed by atoms with van der Waals surface area (Å²) in [5.74, 6) is 0.767. The predicted molar refractivity (Wildman–Crippen MR) is 97.0 cm³/mol. The summed E-state index contributed by atoms with van der Waals surface area (Å²) in [7, 11) is 1.40. The van der Waals surface area contributed by atoms with E-state index in [0.717, 1.165) is 24.2 Å². The Bertz CT molecular complexity index is 613. The molecule has 0 spiro atoms. The SMILES string of the molecule is COC(=O)C(CC(=O)N1CC2CCCCC2C1)Cc1cccc(C)c1. The van der Waals surface area contributed by atoms with Gasteiger partial charge in [-0.2, -0.15) is 0 Å². The molecule has 2 aliphatic rings. The van der Waals surface area contributed by atoms with Crippen LogP contribution in [0.4, 0.5) is 0 Å². The molecule has 1 saturated heterocycles. The lowest BCUT2D eigenvalue weighted by atomic mass is 9.82. The first kappa shape index (κ1) is 18.0. The summed E-state index contributed by atoms with van der Waals surface area (Å²) in [4.78, 5) is 27.0. The number of methoxy groups -OCH3 is 1. The van der Waals surface area contributed by atoms with Crippen molar-refractivity contribution in [2.45, 2.75) is 45.4 Å². The molecule has 1 aliphatic carbocycles. The van der Waals surface area contributed by atoms with E-state index in [1.165, 1.54) is 32.8 Å². The number of rotatable bonds is 5. The van der Waals surface area contributed by atoms with Gasteiger partial charge >= 0.3 is 5.97 Å². The van der Waals surface area contributed by atoms with Crippen molar-refractivity contribution in [2.24, 2.45) is 17.8 Å². The van der Waals surface area contributed by atoms with Crippen LogP contribution in [0.3, 0.4) is 0 Å². The van der Waals surface area contributed by atoms with Crippen LogP contribution in [0, 0.1) is 24.7 Å². The second kappa shape index (κ2) is 8.03. The van der Waals surface area contributed by atoms with Crippen LogP contribution in [0.25, 0.3) is 0 Å². The summed E-state index contributed by atoms with van der Waals surface area (Å²) < 4.78 is 4.96. The number of fused-ring (bicyclic) bond motifs is 1. The first-order valence-electron chi connectivity index (χ1n) is 9.48. The second-order valence-electron chi connectivity index (χ2n) is 7.72. The van der Waals surface area contributed by atoms with Crippen LogP contribution in [0.15, 0.2) is 24.3 Å². The Morgan fingerprint density at radius 3 is 2.48 bits per heavy atom. The predicted octanol–water partition coefficient (Wildman–Crippen LogP) is 3.37. The maximum Gasteiger partial charge on any atom is 0.309 e. The number of likely N-dealkylation sites (tertiary alicyclic amines) is 1. The largest absolute Gasteiger partial charge is 0.469 e. The highest BCUT2D eigenvalue weighted by molar-refractivity contribution is 5.83. The van der Waals surface area contributed by atoms with E-state index in [1.54, 1.807) is 0 Å². The highest BCUT2D eigenvalue weighted by Crippen LogP contribution is 2.36. The lowest BCUT2D eigenvalue weighted by Crippen LogP contribution is -2.33. The Kier molecular flexibility index (Phi) is 5.77. The van der Waals surface area contributed by atoms with E-state index in [1.807, 2.05) is 30.0 Å². The van der Waals surface area contributed by atoms with Crippen molar-refractivity contribution in [3.8, 4) is 0 Å². The molecule has 0 bridgehead atoms. The molecule has 1 amide bonds. The number of nitrogens with zero attached hydrogens (tertiary/aromatic N) is 1. The molecule has 25 heavy (non-hydrogen) atoms. The van der Waals surface area contributed by atoms with E-state index in [2.05, 4.69) is 6.07 Å². The molecule has 3 atom stereocenters. The molecule has 2 fully saturated rings. The summed E-state index contributed by atoms with van der Waals surface area (Å²) in [5.41, 5.74) is 2.24. The van der Waals surface area contributed by atoms with Crippen LogP contribution in [0.1, 0.15) is 43.2 Å². The minimum absolute atomic E-state index is 0.109. The summed E-state index contributed by atoms with van der Waals surface area (Å²) in [6.07, 6.45) is 5.89. The van der Waals surface area contributed by atoms with Gasteiger partial charge in [0.2, 0.25) is 5.91 Å². The van der Waals surface area contributed by atoms with Gasteiger partial charge in [-0.3, -0.25) is 9.59 Å². The highest BCUT2D eigenvalue weighted by atomic mass is 16.5. The number of carbonyl (C=O) groups is 2. The van der Waals surface area contributed by atoms with Crippen LogP contribution in [-0.2, 0) is 20.7 Å². The van der Waals surface area contributed by atoms with Crippen molar-refractivity contribution < 1.29 is 14.3 Å². The van der Waals surface area contributed by atoms with Gasteiger partial charge in [-0.05, 0) is 43.6 Å². The molecule has 0 N–H and O–H groups in total. The van der Waals surface area contributed by atoms with Gasteiger partial charge in [-0.25, -0.2) is 0 Å². The van der Waals surface area contributed by atoms with Crippen LogP contribution >= 0.6 is 0 Å². The second-order valence-corrected chi connectivity index (χ2v) is 7.72. The zero-order chi connectivity index (χ0) is 17.8. The molecule has 4 heteroatoms. The molecular formula is C21H29NO3. The number of benzene rings is 1. The fraction of sp³-hybridized carbons (Fsp3) is 0.619. The van der Waals surface area contributed by atoms with Crippen molar-refractivity contribution in [3.05, 3.63) is 35.4 Å². The third-order valence-electron chi connectivity index (χ3n) is 5.85. The van der Waals surface area contributed by atoms with E-state index in [4.69, 9.17) is 4.74 Å². The molecule has 4 nitrogen and oxygen atoms in total. The van der Waals surface area contributed by atoms with Gasteiger partial charge in [0.25, 0.3) is 0 Å². The van der Waals surface area contributed by atoms with Crippen molar-refractivity contribution in [2.75, 3.05) is 20.2 Å². The van der Waals surface area contributed by atoms with E-state index >= 15 is 0 Å². The molecule has 1 heterocycles. The minimum Gasteiger partial charge on any atom is -0.469 e. The number of carbonyl (C=O) groups excluding carboxylic acids is 2. The van der Waals surface area contributed by atoms with Gasteiger partial charge in [0, 0.05) is 19.5 Å². The Balaban J connectivity index is 1.63. The molecule has 1 aliphatic heterocycles. The average molecular weight is 343 g/mol. The van der Waals surface area contributed by atoms with Gasteiger partial charge < -0.3 is 9.64 Å². The number of ether oxygens (including phenoxy) is 1. The summed E-state index contributed by atoms with van der Waals surface area (Å²) in [6, 6.07) is 8.11. The number of aryl methyl sites for hydroxylation is 1. The molecule has 0 radical (unpaired) electrons. The van der Waals surface area contributed by atoms with E-state index in [-0.39, 0.29) is 18.3 Å². The van der Waals surface area contributed by atoms with Gasteiger partial charge in [-0.1, -0.05) is 42.7 Å². The van der Waals surface area contributed by atoms with E-state index in [9.17, 15) is 9.59 Å². The molecule has 1 aromatic rings. The van der Waals surface area contributed by atoms with E-state index in [0.29, 0.717) is 18.3 Å². The lowest BCUT2D eigenvalue weighted by molar-refractivity contribution is -0.148. The third kappa shape index (κ3) is 4.42. The van der Waals surface area contributed by atoms with Crippen LogP contribution < -0.4 is 0 Å². The summed E-state index contributed by atoms with van der Waals surface area (Å²) in [5, 5.41) is 0. The minimum atomic E-state index is -0.401. The number of esters is 1. The molecule has 1 aromatic carbocycles. The number of amides is 1. The van der Waals surface area contributed by atoms with Crippen molar-refractivity contribution in [1.82, 2.24) is 4.90 Å². The topological polar surface area (TPSA) is 46.6 Å². The average Bonchev–Trinajstić information content (AvgIpc) is 3.05. The van der Waals surface area contributed by atoms with Gasteiger partial charge in [-0.15, -0.1) is 0 Å². The molecule has 3 rings (SSSR count). The van der Waals surface area contributed by atoms with Crippen LogP contribution in [0.5, 0.6) is 0 Å². The van der Waals surface area contributed by atoms with Gasteiger partial charge in [0.1, 0.15) is 0 Å². The van der Waals surface area contributed by atoms with Crippen LogP contribution in [0.2, 0.25) is 0 Å². The zero-order valence-corrected chi connectivity index (χ0v) is 15.4. The fourth-order valence-electron chi connectivity index (χ4n) is 4.48. The molecule has 0 aromatic heterocycles. The Morgan fingerprint density at radius 1 is 1.20 bits per heavy atom. The number of hydrogen-bond donors (Lipinski definition) is 0. The summed E-state index contributed by atoms with van der Waals surface area (Å²) in [6.45, 7) is 3.79. The standard InChI is InChI=1S/C21H29NO3/c1-15-6-5-7-16(10-15)11-19(21(24)25-2)12-20(23)22-13-17-8-3-4-9-18(17)14-22/h5-7,10,17-19H,3-4,8-9,11-14H2,1-2H3. The van der Waals surface area contributed by atoms with Crippen molar-refractivity contribution in [1.29, 1.82) is 0 Å². The number of hydrogen-bond acceptors (Lipinski definition) is 3.